The lowest BCUT2D eigenvalue weighted by Gasteiger charge is -2.12. The Hall–Kier alpha value is -6.14. The average Bonchev–Trinajstić information content (AvgIpc) is 3.12. The molecule has 0 aliphatic rings. The summed E-state index contributed by atoms with van der Waals surface area (Å²) in [6.45, 7) is 0. The number of hydrogen-bond donors (Lipinski definition) is 0. The topological polar surface area (TPSA) is 77.3 Å². The van der Waals surface area contributed by atoms with Crippen molar-refractivity contribution in [2.24, 2.45) is 0 Å². The van der Waals surface area contributed by atoms with Gasteiger partial charge in [-0.1, -0.05) is 115 Å². The molecule has 0 unspecified atom stereocenters. The van der Waals surface area contributed by atoms with Crippen molar-refractivity contribution in [1.82, 2.24) is 29.9 Å². The second kappa shape index (κ2) is 10.9. The first-order valence-corrected chi connectivity index (χ1v) is 14.4. The fraction of sp³-hybridized carbons (Fsp3) is 0. The van der Waals surface area contributed by atoms with Crippen molar-refractivity contribution in [3.63, 3.8) is 0 Å². The van der Waals surface area contributed by atoms with E-state index >= 15 is 0 Å². The van der Waals surface area contributed by atoms with Gasteiger partial charge in [-0.2, -0.15) is 0 Å². The fourth-order valence-electron chi connectivity index (χ4n) is 5.41. The zero-order valence-corrected chi connectivity index (χ0v) is 23.5. The van der Waals surface area contributed by atoms with Crippen LogP contribution in [0.1, 0.15) is 0 Å². The number of nitrogens with zero attached hydrogens (tertiary/aromatic N) is 6. The molecule has 6 nitrogen and oxygen atoms in total. The van der Waals surface area contributed by atoms with E-state index < -0.39 is 0 Å². The van der Waals surface area contributed by atoms with Crippen LogP contribution in [0.2, 0.25) is 0 Å². The summed E-state index contributed by atoms with van der Waals surface area (Å²) in [4.78, 5) is 29.4. The minimum Gasteiger partial charge on any atom is -0.253 e. The molecule has 0 N–H and O–H groups in total. The zero-order valence-electron chi connectivity index (χ0n) is 23.5. The highest BCUT2D eigenvalue weighted by atomic mass is 15.0. The van der Waals surface area contributed by atoms with Gasteiger partial charge < -0.3 is 0 Å². The molecule has 0 aliphatic heterocycles. The van der Waals surface area contributed by atoms with Crippen molar-refractivity contribution in [1.29, 1.82) is 0 Å². The summed E-state index contributed by atoms with van der Waals surface area (Å²) in [5.41, 5.74) is 6.18. The predicted octanol–water partition coefficient (Wildman–Crippen LogP) is 8.70. The van der Waals surface area contributed by atoms with Gasteiger partial charge in [0.25, 0.3) is 0 Å². The van der Waals surface area contributed by atoms with Crippen LogP contribution in [0.25, 0.3) is 78.6 Å². The summed E-state index contributed by atoms with van der Waals surface area (Å²) in [7, 11) is 0. The Morgan fingerprint density at radius 3 is 1.55 bits per heavy atom. The van der Waals surface area contributed by atoms with E-state index in [1.807, 2.05) is 97.1 Å². The Labute approximate surface area is 253 Å². The monoisotopic (exact) mass is 564 g/mol. The minimum absolute atomic E-state index is 0.577. The third kappa shape index (κ3) is 4.74. The number of aromatic nitrogens is 6. The van der Waals surface area contributed by atoms with Crippen LogP contribution in [-0.2, 0) is 0 Å². The first-order valence-electron chi connectivity index (χ1n) is 14.4. The van der Waals surface area contributed by atoms with Crippen molar-refractivity contribution >= 4 is 21.7 Å². The molecule has 3 aromatic heterocycles. The largest absolute Gasteiger partial charge is 0.253 e. The number of pyridine rings is 1. The summed E-state index contributed by atoms with van der Waals surface area (Å²) in [6.07, 6.45) is 1.77. The average molecular weight is 565 g/mol. The Balaban J connectivity index is 1.38. The van der Waals surface area contributed by atoms with Crippen LogP contribution in [0, 0.1) is 0 Å². The molecule has 0 atom stereocenters. The molecule has 5 aromatic carbocycles. The molecular weight excluding hydrogens is 540 g/mol. The van der Waals surface area contributed by atoms with E-state index in [-0.39, 0.29) is 0 Å². The van der Waals surface area contributed by atoms with Crippen molar-refractivity contribution in [3.05, 3.63) is 146 Å². The van der Waals surface area contributed by atoms with Gasteiger partial charge in [0.2, 0.25) is 0 Å². The standard InChI is InChI=1S/C38H24N6/c1-4-12-26(13-5-1)33-30-22-21-25-19-20-29(24-31(25)34(30)41-38(40-33)32-18-10-11-23-39-32)37-43-35(27-14-6-2-7-15-27)42-36(44-37)28-16-8-3-9-17-28/h1-24H. The van der Waals surface area contributed by atoms with Crippen LogP contribution < -0.4 is 0 Å². The van der Waals surface area contributed by atoms with Crippen LogP contribution >= 0.6 is 0 Å². The predicted molar refractivity (Wildman–Crippen MR) is 175 cm³/mol. The third-order valence-electron chi connectivity index (χ3n) is 7.58. The van der Waals surface area contributed by atoms with E-state index in [1.165, 1.54) is 0 Å². The highest BCUT2D eigenvalue weighted by molar-refractivity contribution is 6.10. The van der Waals surface area contributed by atoms with E-state index in [2.05, 4.69) is 47.4 Å². The normalized spacial score (nSPS) is 11.2. The molecule has 8 rings (SSSR count). The van der Waals surface area contributed by atoms with Gasteiger partial charge in [-0.3, -0.25) is 4.98 Å². The molecule has 0 radical (unpaired) electrons. The zero-order chi connectivity index (χ0) is 29.3. The highest BCUT2D eigenvalue weighted by Crippen LogP contribution is 2.35. The van der Waals surface area contributed by atoms with Gasteiger partial charge in [-0.05, 0) is 29.7 Å². The van der Waals surface area contributed by atoms with Gasteiger partial charge in [0.05, 0.1) is 11.2 Å². The Bertz CT molecular complexity index is 2200. The molecule has 44 heavy (non-hydrogen) atoms. The first kappa shape index (κ1) is 25.6. The molecule has 0 aliphatic carbocycles. The molecule has 6 heteroatoms. The Morgan fingerprint density at radius 2 is 0.932 bits per heavy atom. The molecule has 0 spiro atoms. The van der Waals surface area contributed by atoms with Crippen molar-refractivity contribution in [2.45, 2.75) is 0 Å². The van der Waals surface area contributed by atoms with Crippen molar-refractivity contribution in [3.8, 4) is 56.9 Å². The van der Waals surface area contributed by atoms with Crippen LogP contribution in [0.4, 0.5) is 0 Å². The smallest absolute Gasteiger partial charge is 0.179 e. The maximum atomic E-state index is 5.10. The highest BCUT2D eigenvalue weighted by Gasteiger charge is 2.17. The molecule has 0 saturated heterocycles. The Kier molecular flexibility index (Phi) is 6.35. The number of rotatable bonds is 5. The van der Waals surface area contributed by atoms with E-state index in [0.29, 0.717) is 23.3 Å². The van der Waals surface area contributed by atoms with Crippen LogP contribution in [0.5, 0.6) is 0 Å². The van der Waals surface area contributed by atoms with Gasteiger partial charge in [0.15, 0.2) is 23.3 Å². The van der Waals surface area contributed by atoms with E-state index in [1.54, 1.807) is 6.20 Å². The molecule has 0 bridgehead atoms. The quantitative estimate of drug-likeness (QED) is 0.195. The lowest BCUT2D eigenvalue weighted by molar-refractivity contribution is 1.07. The lowest BCUT2D eigenvalue weighted by atomic mass is 9.99. The summed E-state index contributed by atoms with van der Waals surface area (Å²) in [5, 5.41) is 3.01. The van der Waals surface area contributed by atoms with Crippen molar-refractivity contribution < 1.29 is 0 Å². The van der Waals surface area contributed by atoms with Gasteiger partial charge in [-0.25, -0.2) is 24.9 Å². The summed E-state index contributed by atoms with van der Waals surface area (Å²) in [5.74, 6) is 2.42. The third-order valence-corrected chi connectivity index (χ3v) is 7.58. The summed E-state index contributed by atoms with van der Waals surface area (Å²) >= 11 is 0. The Morgan fingerprint density at radius 1 is 0.364 bits per heavy atom. The van der Waals surface area contributed by atoms with Gasteiger partial charge >= 0.3 is 0 Å². The molecule has 3 heterocycles. The number of fused-ring (bicyclic) bond motifs is 3. The molecule has 0 fully saturated rings. The second-order valence-corrected chi connectivity index (χ2v) is 10.4. The van der Waals surface area contributed by atoms with Gasteiger partial charge in [0, 0.05) is 39.2 Å². The lowest BCUT2D eigenvalue weighted by Crippen LogP contribution is -2.00. The summed E-state index contributed by atoms with van der Waals surface area (Å²) in [6, 6.07) is 46.5. The van der Waals surface area contributed by atoms with Gasteiger partial charge in [-0.15, -0.1) is 0 Å². The molecule has 8 aromatic rings. The number of hydrogen-bond acceptors (Lipinski definition) is 6. The van der Waals surface area contributed by atoms with E-state index in [9.17, 15) is 0 Å². The maximum absolute atomic E-state index is 5.10. The van der Waals surface area contributed by atoms with E-state index in [0.717, 1.165) is 55.3 Å². The first-order chi connectivity index (χ1) is 21.8. The van der Waals surface area contributed by atoms with Crippen LogP contribution in [0.3, 0.4) is 0 Å². The second-order valence-electron chi connectivity index (χ2n) is 10.4. The van der Waals surface area contributed by atoms with Crippen molar-refractivity contribution in [2.75, 3.05) is 0 Å². The van der Waals surface area contributed by atoms with Gasteiger partial charge in [0.1, 0.15) is 5.69 Å². The number of benzene rings is 5. The minimum atomic E-state index is 0.577. The molecule has 206 valence electrons. The van der Waals surface area contributed by atoms with Crippen LogP contribution in [0.15, 0.2) is 146 Å². The molecule has 0 saturated carbocycles. The fourth-order valence-corrected chi connectivity index (χ4v) is 5.41. The molecule has 0 amide bonds. The molecular formula is C38H24N6. The maximum Gasteiger partial charge on any atom is 0.179 e. The SMILES string of the molecule is c1ccc(-c2nc(-c3ccccc3)nc(-c3ccc4ccc5c(-c6ccccc6)nc(-c6ccccn6)nc5c4c3)n2)cc1. The summed E-state index contributed by atoms with van der Waals surface area (Å²) < 4.78 is 0. The van der Waals surface area contributed by atoms with E-state index in [4.69, 9.17) is 24.9 Å². The van der Waals surface area contributed by atoms with Crippen LogP contribution in [-0.4, -0.2) is 29.9 Å².